The van der Waals surface area contributed by atoms with Crippen LogP contribution in [0.15, 0.2) is 12.2 Å². The number of ether oxygens (including phenoxy) is 2. The lowest BCUT2D eigenvalue weighted by atomic mass is 10.1. The molecule has 0 saturated heterocycles. The van der Waals surface area contributed by atoms with E-state index in [1.165, 1.54) is 0 Å². The lowest BCUT2D eigenvalue weighted by Crippen LogP contribution is -2.34. The molecule has 0 unspecified atom stereocenters. The third kappa shape index (κ3) is 4.81. The molecule has 0 radical (unpaired) electrons. The van der Waals surface area contributed by atoms with Crippen LogP contribution in [0.4, 0.5) is 13.2 Å². The fraction of sp³-hybridized carbons (Fsp3) is 0.556. The first-order valence-corrected chi connectivity index (χ1v) is 4.18. The number of esters is 2. The molecule has 4 nitrogen and oxygen atoms in total. The Balaban J connectivity index is 4.62. The van der Waals surface area contributed by atoms with Crippen LogP contribution in [0, 0.1) is 0 Å². The Morgan fingerprint density at radius 2 is 1.88 bits per heavy atom. The summed E-state index contributed by atoms with van der Waals surface area (Å²) in [6.45, 7) is 3.97. The molecule has 0 bridgehead atoms. The summed E-state index contributed by atoms with van der Waals surface area (Å²) in [6.07, 6.45) is -7.96. The van der Waals surface area contributed by atoms with Gasteiger partial charge in [-0.05, 0) is 0 Å². The molecule has 0 aromatic rings. The smallest absolute Gasteiger partial charge is 0.425 e. The van der Waals surface area contributed by atoms with Crippen molar-refractivity contribution in [2.24, 2.45) is 0 Å². The van der Waals surface area contributed by atoms with Crippen LogP contribution in [-0.2, 0) is 19.1 Å². The topological polar surface area (TPSA) is 52.6 Å². The molecule has 0 amide bonds. The van der Waals surface area contributed by atoms with E-state index in [1.807, 2.05) is 0 Å². The standard InChI is InChI=1S/C9H11F3O4/c1-5(8(14)15-3)4-7(9(10,11)12)16-6(2)13/h7H,1,4H2,2-3H3/t7-/m0/s1. The van der Waals surface area contributed by atoms with Gasteiger partial charge in [-0.3, -0.25) is 4.79 Å². The molecule has 0 aliphatic carbocycles. The highest BCUT2D eigenvalue weighted by Gasteiger charge is 2.43. The average molecular weight is 240 g/mol. The molecule has 0 heterocycles. The van der Waals surface area contributed by atoms with Crippen molar-refractivity contribution in [1.82, 2.24) is 0 Å². The van der Waals surface area contributed by atoms with Gasteiger partial charge >= 0.3 is 18.1 Å². The highest BCUT2D eigenvalue weighted by Crippen LogP contribution is 2.27. The van der Waals surface area contributed by atoms with Gasteiger partial charge in [0.2, 0.25) is 6.10 Å². The first-order chi connectivity index (χ1) is 7.18. The summed E-state index contributed by atoms with van der Waals surface area (Å²) >= 11 is 0. The Morgan fingerprint density at radius 3 is 2.19 bits per heavy atom. The van der Waals surface area contributed by atoms with Crippen molar-refractivity contribution < 1.29 is 32.2 Å². The van der Waals surface area contributed by atoms with Gasteiger partial charge in [-0.1, -0.05) is 6.58 Å². The Hall–Kier alpha value is -1.53. The molecule has 0 aliphatic heterocycles. The number of halogens is 3. The Labute approximate surface area is 90.0 Å². The highest BCUT2D eigenvalue weighted by molar-refractivity contribution is 5.87. The van der Waals surface area contributed by atoms with Gasteiger partial charge < -0.3 is 9.47 Å². The number of methoxy groups -OCH3 is 1. The predicted octanol–water partition coefficient (Wildman–Crippen LogP) is 1.60. The molecule has 0 fully saturated rings. The second-order valence-corrected chi connectivity index (χ2v) is 2.94. The second kappa shape index (κ2) is 5.53. The van der Waals surface area contributed by atoms with E-state index in [0.29, 0.717) is 0 Å². The van der Waals surface area contributed by atoms with Crippen LogP contribution in [0.5, 0.6) is 0 Å². The minimum atomic E-state index is -4.75. The summed E-state index contributed by atoms with van der Waals surface area (Å²) in [5.41, 5.74) is -0.411. The molecule has 1 atom stereocenters. The number of hydrogen-bond acceptors (Lipinski definition) is 4. The van der Waals surface area contributed by atoms with Gasteiger partial charge in [0.1, 0.15) is 0 Å². The van der Waals surface area contributed by atoms with Crippen molar-refractivity contribution in [2.75, 3.05) is 7.11 Å². The van der Waals surface area contributed by atoms with Crippen molar-refractivity contribution in [3.05, 3.63) is 12.2 Å². The van der Waals surface area contributed by atoms with E-state index in [2.05, 4.69) is 16.1 Å². The Kier molecular flexibility index (Phi) is 5.00. The number of hydrogen-bond donors (Lipinski definition) is 0. The van der Waals surface area contributed by atoms with Crippen LogP contribution in [-0.4, -0.2) is 31.3 Å². The molecule has 0 N–H and O–H groups in total. The lowest BCUT2D eigenvalue weighted by molar-refractivity contribution is -0.219. The summed E-state index contributed by atoms with van der Waals surface area (Å²) in [5.74, 6) is -2.05. The molecule has 0 aromatic carbocycles. The monoisotopic (exact) mass is 240 g/mol. The van der Waals surface area contributed by atoms with Gasteiger partial charge in [-0.2, -0.15) is 13.2 Å². The van der Waals surface area contributed by atoms with Crippen LogP contribution >= 0.6 is 0 Å². The number of carbonyl (C=O) groups excluding carboxylic acids is 2. The van der Waals surface area contributed by atoms with Crippen LogP contribution in [0.25, 0.3) is 0 Å². The van der Waals surface area contributed by atoms with Gasteiger partial charge in [0, 0.05) is 18.9 Å². The van der Waals surface area contributed by atoms with E-state index < -0.39 is 36.2 Å². The quantitative estimate of drug-likeness (QED) is 0.553. The zero-order valence-corrected chi connectivity index (χ0v) is 8.76. The Bertz CT molecular complexity index is 296. The van der Waals surface area contributed by atoms with E-state index in [1.54, 1.807) is 0 Å². The SMILES string of the molecule is C=C(C[C@H](OC(C)=O)C(F)(F)F)C(=O)OC. The summed E-state index contributed by atoms with van der Waals surface area (Å²) in [7, 11) is 1.02. The maximum absolute atomic E-state index is 12.3. The minimum absolute atomic E-state index is 0.411. The third-order valence-corrected chi connectivity index (χ3v) is 1.58. The van der Waals surface area contributed by atoms with Gasteiger partial charge in [-0.25, -0.2) is 4.79 Å². The maximum Gasteiger partial charge on any atom is 0.425 e. The van der Waals surface area contributed by atoms with Gasteiger partial charge in [0.25, 0.3) is 0 Å². The van der Waals surface area contributed by atoms with E-state index in [9.17, 15) is 22.8 Å². The molecular formula is C9H11F3O4. The normalized spacial score (nSPS) is 12.8. The zero-order chi connectivity index (χ0) is 12.9. The summed E-state index contributed by atoms with van der Waals surface area (Å²) < 4.78 is 45.2. The molecule has 0 spiro atoms. The molecule has 16 heavy (non-hydrogen) atoms. The largest absolute Gasteiger partial charge is 0.466 e. The second-order valence-electron chi connectivity index (χ2n) is 2.94. The van der Waals surface area contributed by atoms with Gasteiger partial charge in [0.15, 0.2) is 0 Å². The Morgan fingerprint density at radius 1 is 1.38 bits per heavy atom. The minimum Gasteiger partial charge on any atom is -0.466 e. The van der Waals surface area contributed by atoms with Crippen molar-refractivity contribution in [3.63, 3.8) is 0 Å². The van der Waals surface area contributed by atoms with Crippen LogP contribution in [0.2, 0.25) is 0 Å². The summed E-state index contributed by atoms with van der Waals surface area (Å²) in [6, 6.07) is 0. The van der Waals surface area contributed by atoms with E-state index in [-0.39, 0.29) is 0 Å². The van der Waals surface area contributed by atoms with E-state index in [4.69, 9.17) is 0 Å². The highest BCUT2D eigenvalue weighted by atomic mass is 19.4. The van der Waals surface area contributed by atoms with Gasteiger partial charge in [0.05, 0.1) is 7.11 Å². The molecule has 92 valence electrons. The number of rotatable bonds is 4. The van der Waals surface area contributed by atoms with Crippen LogP contribution in [0.3, 0.4) is 0 Å². The predicted molar refractivity (Wildman–Crippen MR) is 47.4 cm³/mol. The molecule has 7 heteroatoms. The van der Waals surface area contributed by atoms with Gasteiger partial charge in [-0.15, -0.1) is 0 Å². The zero-order valence-electron chi connectivity index (χ0n) is 8.76. The summed E-state index contributed by atoms with van der Waals surface area (Å²) in [5, 5.41) is 0. The van der Waals surface area contributed by atoms with E-state index >= 15 is 0 Å². The fourth-order valence-electron chi connectivity index (χ4n) is 0.876. The molecular weight excluding hydrogens is 229 g/mol. The van der Waals surface area contributed by atoms with Crippen molar-refractivity contribution in [2.45, 2.75) is 25.6 Å². The fourth-order valence-corrected chi connectivity index (χ4v) is 0.876. The van der Waals surface area contributed by atoms with Crippen molar-refractivity contribution in [3.8, 4) is 0 Å². The summed E-state index contributed by atoms with van der Waals surface area (Å²) in [4.78, 5) is 21.3. The van der Waals surface area contributed by atoms with Crippen LogP contribution < -0.4 is 0 Å². The number of carbonyl (C=O) groups is 2. The first kappa shape index (κ1) is 14.5. The van der Waals surface area contributed by atoms with Crippen molar-refractivity contribution in [1.29, 1.82) is 0 Å². The first-order valence-electron chi connectivity index (χ1n) is 4.18. The van der Waals surface area contributed by atoms with Crippen molar-refractivity contribution >= 4 is 11.9 Å². The lowest BCUT2D eigenvalue weighted by Gasteiger charge is -2.20. The maximum atomic E-state index is 12.3. The molecule has 0 aliphatic rings. The van der Waals surface area contributed by atoms with Crippen LogP contribution in [0.1, 0.15) is 13.3 Å². The number of alkyl halides is 3. The molecule has 0 saturated carbocycles. The average Bonchev–Trinajstić information content (AvgIpc) is 2.13. The molecule has 0 rings (SSSR count). The van der Waals surface area contributed by atoms with E-state index in [0.717, 1.165) is 14.0 Å². The molecule has 0 aromatic heterocycles. The third-order valence-electron chi connectivity index (χ3n) is 1.58.